The first-order valence-electron chi connectivity index (χ1n) is 10.4. The fourth-order valence-electron chi connectivity index (χ4n) is 3.32. The molecule has 158 valence electrons. The lowest BCUT2D eigenvalue weighted by atomic mass is 9.92. The Morgan fingerprint density at radius 3 is 2.45 bits per heavy atom. The van der Waals surface area contributed by atoms with E-state index in [9.17, 15) is 14.4 Å². The third-order valence-electron chi connectivity index (χ3n) is 5.03. The summed E-state index contributed by atoms with van der Waals surface area (Å²) in [6.07, 6.45) is 5.43. The molecule has 2 N–H and O–H groups in total. The number of nitrogens with one attached hydrogen (secondary N) is 2. The van der Waals surface area contributed by atoms with Gasteiger partial charge >= 0.3 is 5.97 Å². The van der Waals surface area contributed by atoms with Crippen molar-refractivity contribution < 1.29 is 19.1 Å². The maximum atomic E-state index is 13.1. The summed E-state index contributed by atoms with van der Waals surface area (Å²) in [6.45, 7) is 6.13. The molecule has 6 heteroatoms. The highest BCUT2D eigenvalue weighted by atomic mass is 16.5. The fourth-order valence-corrected chi connectivity index (χ4v) is 3.32. The van der Waals surface area contributed by atoms with E-state index in [-0.39, 0.29) is 42.1 Å². The molecule has 6 nitrogen and oxygen atoms in total. The second-order valence-electron chi connectivity index (χ2n) is 7.86. The van der Waals surface area contributed by atoms with Crippen LogP contribution in [0.2, 0.25) is 0 Å². The molecular formula is C23H32N2O4. The second kappa shape index (κ2) is 11.4. The Morgan fingerprint density at radius 2 is 1.76 bits per heavy atom. The summed E-state index contributed by atoms with van der Waals surface area (Å²) >= 11 is 0. The molecule has 29 heavy (non-hydrogen) atoms. The van der Waals surface area contributed by atoms with Gasteiger partial charge in [-0.1, -0.05) is 63.3 Å². The normalized spacial score (nSPS) is 26.3. The molecule has 0 fully saturated rings. The van der Waals surface area contributed by atoms with Crippen molar-refractivity contribution in [1.82, 2.24) is 10.6 Å². The molecule has 0 saturated heterocycles. The second-order valence-corrected chi connectivity index (χ2v) is 7.86. The maximum Gasteiger partial charge on any atom is 0.309 e. The van der Waals surface area contributed by atoms with E-state index in [4.69, 9.17) is 4.74 Å². The number of rotatable bonds is 2. The molecule has 1 aliphatic heterocycles. The van der Waals surface area contributed by atoms with Gasteiger partial charge in [-0.05, 0) is 30.2 Å². The molecule has 0 unspecified atom stereocenters. The number of hydrogen-bond acceptors (Lipinski definition) is 4. The van der Waals surface area contributed by atoms with Gasteiger partial charge in [0.1, 0.15) is 6.04 Å². The van der Waals surface area contributed by atoms with Crippen LogP contribution >= 0.6 is 0 Å². The van der Waals surface area contributed by atoms with Crippen LogP contribution in [0.3, 0.4) is 0 Å². The Labute approximate surface area is 173 Å². The molecule has 0 spiro atoms. The van der Waals surface area contributed by atoms with Crippen LogP contribution in [0.25, 0.3) is 0 Å². The number of esters is 1. The van der Waals surface area contributed by atoms with Crippen LogP contribution in [-0.4, -0.2) is 30.4 Å². The molecule has 3 atom stereocenters. The zero-order valence-corrected chi connectivity index (χ0v) is 17.5. The van der Waals surface area contributed by atoms with Crippen LogP contribution < -0.4 is 10.6 Å². The van der Waals surface area contributed by atoms with E-state index in [1.807, 2.05) is 57.2 Å². The van der Waals surface area contributed by atoms with Crippen molar-refractivity contribution in [3.8, 4) is 0 Å². The minimum absolute atomic E-state index is 0.0407. The van der Waals surface area contributed by atoms with Crippen LogP contribution in [0.5, 0.6) is 0 Å². The van der Waals surface area contributed by atoms with E-state index in [0.717, 1.165) is 5.56 Å². The molecule has 1 aliphatic rings. The van der Waals surface area contributed by atoms with E-state index < -0.39 is 6.04 Å². The Morgan fingerprint density at radius 1 is 1.03 bits per heavy atom. The largest absolute Gasteiger partial charge is 0.465 e. The fraction of sp³-hybridized carbons (Fsp3) is 0.522. The Hall–Kier alpha value is -2.63. The van der Waals surface area contributed by atoms with Gasteiger partial charge in [0.15, 0.2) is 0 Å². The Balaban J connectivity index is 2.28. The first-order chi connectivity index (χ1) is 13.9. The predicted octanol–water partition coefficient (Wildman–Crippen LogP) is 3.29. The first kappa shape index (κ1) is 22.7. The van der Waals surface area contributed by atoms with Crippen LogP contribution in [0, 0.1) is 11.8 Å². The van der Waals surface area contributed by atoms with Gasteiger partial charge in [-0.25, -0.2) is 0 Å². The number of hydrogen-bond donors (Lipinski definition) is 2. The average Bonchev–Trinajstić information content (AvgIpc) is 2.69. The zero-order valence-electron chi connectivity index (χ0n) is 17.5. The summed E-state index contributed by atoms with van der Waals surface area (Å²) in [5, 5.41) is 5.97. The van der Waals surface area contributed by atoms with Crippen molar-refractivity contribution in [3.63, 3.8) is 0 Å². The van der Waals surface area contributed by atoms with Crippen molar-refractivity contribution in [1.29, 1.82) is 0 Å². The van der Waals surface area contributed by atoms with E-state index in [1.54, 1.807) is 6.08 Å². The van der Waals surface area contributed by atoms with Gasteiger partial charge in [-0.3, -0.25) is 14.4 Å². The number of amides is 2. The maximum absolute atomic E-state index is 13.1. The highest BCUT2D eigenvalue weighted by Gasteiger charge is 2.28. The number of carbonyl (C=O) groups is 3. The monoisotopic (exact) mass is 400 g/mol. The molecular weight excluding hydrogens is 368 g/mol. The van der Waals surface area contributed by atoms with Gasteiger partial charge in [-0.2, -0.15) is 0 Å². The van der Waals surface area contributed by atoms with Crippen molar-refractivity contribution >= 4 is 17.8 Å². The van der Waals surface area contributed by atoms with Crippen molar-refractivity contribution in [3.05, 3.63) is 48.0 Å². The van der Waals surface area contributed by atoms with Crippen molar-refractivity contribution in [2.45, 2.75) is 58.5 Å². The van der Waals surface area contributed by atoms with Crippen LogP contribution in [0.1, 0.15) is 58.1 Å². The lowest BCUT2D eigenvalue weighted by Crippen LogP contribution is -2.51. The highest BCUT2D eigenvalue weighted by molar-refractivity contribution is 5.88. The Bertz CT molecular complexity index is 715. The lowest BCUT2D eigenvalue weighted by Gasteiger charge is -2.28. The van der Waals surface area contributed by atoms with Gasteiger partial charge in [0, 0.05) is 6.42 Å². The molecule has 0 saturated carbocycles. The average molecular weight is 401 g/mol. The molecule has 1 aromatic rings. The lowest BCUT2D eigenvalue weighted by molar-refractivity contribution is -0.142. The Kier molecular flexibility index (Phi) is 8.90. The first-order valence-corrected chi connectivity index (χ1v) is 10.4. The molecule has 0 aliphatic carbocycles. The van der Waals surface area contributed by atoms with Crippen molar-refractivity contribution in [2.24, 2.45) is 11.8 Å². The standard InChI is InChI=1S/C23H32N2O4/c1-16(2)21-23(28)25-22(18-11-5-4-6-12-18)17(3)10-9-14-20(27)29-15-8-7-13-19(26)24-21/h4-6,9-12,16-17,21-22H,7-8,13-15H2,1-3H3,(H,24,26)(H,25,28)/b10-9+/t17-,21-,22+/m0/s1. The SMILES string of the molecule is CC(C)[C@@H]1NC(=O)CCCCOC(=O)C/C=C/[C@H](C)[C@H](c2ccccc2)NC1=O. The number of benzene rings is 1. The quantitative estimate of drug-likeness (QED) is 0.589. The molecule has 1 heterocycles. The number of carbonyl (C=O) groups excluding carboxylic acids is 3. The summed E-state index contributed by atoms with van der Waals surface area (Å²) in [5.41, 5.74) is 0.968. The minimum Gasteiger partial charge on any atom is -0.465 e. The molecule has 2 rings (SSSR count). The topological polar surface area (TPSA) is 84.5 Å². The van der Waals surface area contributed by atoms with Crippen LogP contribution in [0.4, 0.5) is 0 Å². The smallest absolute Gasteiger partial charge is 0.309 e. The third-order valence-corrected chi connectivity index (χ3v) is 5.03. The minimum atomic E-state index is -0.601. The number of cyclic esters (lactones) is 1. The van der Waals surface area contributed by atoms with E-state index in [2.05, 4.69) is 10.6 Å². The predicted molar refractivity (Wildman–Crippen MR) is 112 cm³/mol. The van der Waals surface area contributed by atoms with E-state index >= 15 is 0 Å². The summed E-state index contributed by atoms with van der Waals surface area (Å²) in [7, 11) is 0. The summed E-state index contributed by atoms with van der Waals surface area (Å²) in [6, 6.07) is 8.83. The third kappa shape index (κ3) is 7.37. The highest BCUT2D eigenvalue weighted by Crippen LogP contribution is 2.24. The summed E-state index contributed by atoms with van der Waals surface area (Å²) < 4.78 is 5.21. The van der Waals surface area contributed by atoms with E-state index in [1.165, 1.54) is 0 Å². The summed E-state index contributed by atoms with van der Waals surface area (Å²) in [4.78, 5) is 37.2. The van der Waals surface area contributed by atoms with Gasteiger partial charge in [0.05, 0.1) is 19.1 Å². The van der Waals surface area contributed by atoms with Gasteiger partial charge in [0.25, 0.3) is 0 Å². The molecule has 0 bridgehead atoms. The molecule has 1 aromatic carbocycles. The van der Waals surface area contributed by atoms with Crippen LogP contribution in [-0.2, 0) is 19.1 Å². The van der Waals surface area contributed by atoms with E-state index in [0.29, 0.717) is 25.9 Å². The molecule has 0 aromatic heterocycles. The molecule has 0 radical (unpaired) electrons. The van der Waals surface area contributed by atoms with Gasteiger partial charge in [0.2, 0.25) is 11.8 Å². The summed E-state index contributed by atoms with van der Waals surface area (Å²) in [5.74, 6) is -0.743. The number of ether oxygens (including phenoxy) is 1. The van der Waals surface area contributed by atoms with Crippen LogP contribution in [0.15, 0.2) is 42.5 Å². The molecule has 2 amide bonds. The zero-order chi connectivity index (χ0) is 21.2. The van der Waals surface area contributed by atoms with Gasteiger partial charge in [-0.15, -0.1) is 0 Å². The van der Waals surface area contributed by atoms with Crippen molar-refractivity contribution in [2.75, 3.05) is 6.61 Å². The van der Waals surface area contributed by atoms with Gasteiger partial charge < -0.3 is 15.4 Å².